The molecule has 1 fully saturated rings. The summed E-state index contributed by atoms with van der Waals surface area (Å²) in [5.41, 5.74) is 0.852. The van der Waals surface area contributed by atoms with Gasteiger partial charge in [0.25, 0.3) is 0 Å². The summed E-state index contributed by atoms with van der Waals surface area (Å²) in [5, 5.41) is 3.24. The summed E-state index contributed by atoms with van der Waals surface area (Å²) in [6, 6.07) is 5.32. The number of likely N-dealkylation sites (tertiary alicyclic amines) is 1. The number of hydrogen-bond donors (Lipinski definition) is 1. The molecule has 0 aromatic heterocycles. The van der Waals surface area contributed by atoms with Crippen LogP contribution in [-0.2, 0) is 4.79 Å². The highest BCUT2D eigenvalue weighted by atomic mass is 16.5. The highest BCUT2D eigenvalue weighted by Gasteiger charge is 2.22. The fraction of sp³-hybridized carbons (Fsp3) is 0.562. The maximum Gasteiger partial charge on any atom is 0.244 e. The van der Waals surface area contributed by atoms with Gasteiger partial charge in [-0.25, -0.2) is 0 Å². The molecule has 2 rings (SSSR count). The molecule has 116 valence electrons. The minimum Gasteiger partial charge on any atom is -0.493 e. The van der Waals surface area contributed by atoms with E-state index in [4.69, 9.17) is 9.47 Å². The second-order valence-corrected chi connectivity index (χ2v) is 5.32. The first-order chi connectivity index (χ1) is 10.2. The number of anilines is 1. The molecule has 0 aliphatic carbocycles. The van der Waals surface area contributed by atoms with Crippen molar-refractivity contribution >= 4 is 11.6 Å². The number of piperidine rings is 1. The van der Waals surface area contributed by atoms with Crippen LogP contribution in [0.4, 0.5) is 5.69 Å². The maximum absolute atomic E-state index is 12.4. The first kappa shape index (κ1) is 15.5. The molecule has 5 heteroatoms. The number of ether oxygens (including phenoxy) is 2. The van der Waals surface area contributed by atoms with Crippen molar-refractivity contribution in [3.63, 3.8) is 0 Å². The Kier molecular flexibility index (Phi) is 5.31. The monoisotopic (exact) mass is 292 g/mol. The Labute approximate surface area is 126 Å². The fourth-order valence-corrected chi connectivity index (χ4v) is 2.63. The summed E-state index contributed by atoms with van der Waals surface area (Å²) < 4.78 is 10.5. The van der Waals surface area contributed by atoms with Crippen molar-refractivity contribution in [2.24, 2.45) is 0 Å². The number of nitrogens with zero attached hydrogens (tertiary/aromatic N) is 1. The molecule has 1 aromatic rings. The average molecular weight is 292 g/mol. The van der Waals surface area contributed by atoms with Crippen molar-refractivity contribution in [1.29, 1.82) is 0 Å². The number of hydrogen-bond acceptors (Lipinski definition) is 4. The van der Waals surface area contributed by atoms with Crippen LogP contribution in [0.2, 0.25) is 0 Å². The molecule has 0 spiro atoms. The lowest BCUT2D eigenvalue weighted by Gasteiger charge is -2.29. The molecule has 0 unspecified atom stereocenters. The van der Waals surface area contributed by atoms with Gasteiger partial charge in [-0.2, -0.15) is 0 Å². The van der Waals surface area contributed by atoms with E-state index in [0.717, 1.165) is 31.6 Å². The molecule has 1 aromatic carbocycles. The number of methoxy groups -OCH3 is 2. The third-order valence-corrected chi connectivity index (χ3v) is 3.80. The van der Waals surface area contributed by atoms with E-state index in [-0.39, 0.29) is 11.9 Å². The lowest BCUT2D eigenvalue weighted by molar-refractivity contribution is -0.132. The Bertz CT molecular complexity index is 484. The Hall–Kier alpha value is -1.91. The van der Waals surface area contributed by atoms with Gasteiger partial charge in [0.2, 0.25) is 5.91 Å². The van der Waals surface area contributed by atoms with Crippen molar-refractivity contribution < 1.29 is 14.3 Å². The molecule has 1 atom stereocenters. The Balaban J connectivity index is 2.01. The third-order valence-electron chi connectivity index (χ3n) is 3.80. The molecule has 1 aliphatic heterocycles. The van der Waals surface area contributed by atoms with Gasteiger partial charge in [0.1, 0.15) is 6.04 Å². The molecule has 1 N–H and O–H groups in total. The predicted octanol–water partition coefficient (Wildman–Crippen LogP) is 2.52. The number of rotatable bonds is 5. The van der Waals surface area contributed by atoms with Crippen molar-refractivity contribution in [3.05, 3.63) is 18.2 Å². The normalized spacial score (nSPS) is 16.2. The van der Waals surface area contributed by atoms with Gasteiger partial charge in [-0.15, -0.1) is 0 Å². The van der Waals surface area contributed by atoms with Gasteiger partial charge >= 0.3 is 0 Å². The van der Waals surface area contributed by atoms with Crippen LogP contribution in [-0.4, -0.2) is 44.2 Å². The van der Waals surface area contributed by atoms with E-state index in [1.807, 2.05) is 30.0 Å². The minimum absolute atomic E-state index is 0.157. The standard InChI is InChI=1S/C16H24N2O3/c1-12(16(19)18-9-5-4-6-10-18)17-13-7-8-14(20-2)15(11-13)21-3/h7-8,11-12,17H,4-6,9-10H2,1-3H3/t12-/m1/s1. The Morgan fingerprint density at radius 3 is 2.43 bits per heavy atom. The lowest BCUT2D eigenvalue weighted by atomic mass is 10.1. The van der Waals surface area contributed by atoms with Crippen LogP contribution in [0.25, 0.3) is 0 Å². The quantitative estimate of drug-likeness (QED) is 0.906. The summed E-state index contributed by atoms with van der Waals surface area (Å²) in [7, 11) is 3.21. The van der Waals surface area contributed by atoms with Gasteiger partial charge in [-0.1, -0.05) is 0 Å². The van der Waals surface area contributed by atoms with Gasteiger partial charge < -0.3 is 19.7 Å². The SMILES string of the molecule is COc1ccc(N[C@H](C)C(=O)N2CCCCC2)cc1OC. The van der Waals surface area contributed by atoms with Crippen molar-refractivity contribution in [1.82, 2.24) is 4.90 Å². The van der Waals surface area contributed by atoms with Crippen LogP contribution >= 0.6 is 0 Å². The number of nitrogens with one attached hydrogen (secondary N) is 1. The van der Waals surface area contributed by atoms with Gasteiger partial charge in [0.15, 0.2) is 11.5 Å². The zero-order valence-corrected chi connectivity index (χ0v) is 13.0. The Morgan fingerprint density at radius 1 is 1.14 bits per heavy atom. The molecular weight excluding hydrogens is 268 g/mol. The summed E-state index contributed by atoms with van der Waals surface area (Å²) in [6.07, 6.45) is 3.44. The Morgan fingerprint density at radius 2 is 1.81 bits per heavy atom. The van der Waals surface area contributed by atoms with Crippen LogP contribution < -0.4 is 14.8 Å². The number of amides is 1. The fourth-order valence-electron chi connectivity index (χ4n) is 2.63. The lowest BCUT2D eigenvalue weighted by Crippen LogP contribution is -2.43. The van der Waals surface area contributed by atoms with E-state index in [1.54, 1.807) is 14.2 Å². The zero-order chi connectivity index (χ0) is 15.2. The molecule has 0 radical (unpaired) electrons. The smallest absolute Gasteiger partial charge is 0.244 e. The maximum atomic E-state index is 12.4. The van der Waals surface area contributed by atoms with Gasteiger partial charge in [0, 0.05) is 24.8 Å². The average Bonchev–Trinajstić information content (AvgIpc) is 2.54. The van der Waals surface area contributed by atoms with E-state index in [1.165, 1.54) is 6.42 Å². The van der Waals surface area contributed by atoms with Crippen LogP contribution in [0.5, 0.6) is 11.5 Å². The molecule has 21 heavy (non-hydrogen) atoms. The molecule has 1 heterocycles. The second-order valence-electron chi connectivity index (χ2n) is 5.32. The largest absolute Gasteiger partial charge is 0.493 e. The highest BCUT2D eigenvalue weighted by Crippen LogP contribution is 2.30. The van der Waals surface area contributed by atoms with E-state index in [2.05, 4.69) is 5.32 Å². The van der Waals surface area contributed by atoms with Crippen molar-refractivity contribution in [3.8, 4) is 11.5 Å². The first-order valence-corrected chi connectivity index (χ1v) is 7.43. The summed E-state index contributed by atoms with van der Waals surface area (Å²) in [4.78, 5) is 14.3. The molecule has 1 amide bonds. The van der Waals surface area contributed by atoms with Crippen LogP contribution in [0, 0.1) is 0 Å². The topological polar surface area (TPSA) is 50.8 Å². The van der Waals surface area contributed by atoms with E-state index < -0.39 is 0 Å². The van der Waals surface area contributed by atoms with E-state index in [9.17, 15) is 4.79 Å². The summed E-state index contributed by atoms with van der Waals surface area (Å²) in [5.74, 6) is 1.49. The van der Waals surface area contributed by atoms with Crippen LogP contribution in [0.1, 0.15) is 26.2 Å². The van der Waals surface area contributed by atoms with Crippen LogP contribution in [0.15, 0.2) is 18.2 Å². The minimum atomic E-state index is -0.249. The molecular formula is C16H24N2O3. The van der Waals surface area contributed by atoms with Crippen LogP contribution in [0.3, 0.4) is 0 Å². The predicted molar refractivity (Wildman–Crippen MR) is 83.1 cm³/mol. The van der Waals surface area contributed by atoms with Crippen molar-refractivity contribution in [2.75, 3.05) is 32.6 Å². The van der Waals surface area contributed by atoms with Crippen molar-refractivity contribution in [2.45, 2.75) is 32.2 Å². The van der Waals surface area contributed by atoms with E-state index >= 15 is 0 Å². The highest BCUT2D eigenvalue weighted by molar-refractivity contribution is 5.84. The number of carbonyl (C=O) groups excluding carboxylic acids is 1. The molecule has 0 saturated carbocycles. The summed E-state index contributed by atoms with van der Waals surface area (Å²) >= 11 is 0. The number of carbonyl (C=O) groups is 1. The first-order valence-electron chi connectivity index (χ1n) is 7.43. The summed E-state index contributed by atoms with van der Waals surface area (Å²) in [6.45, 7) is 3.64. The van der Waals surface area contributed by atoms with Gasteiger partial charge in [-0.3, -0.25) is 4.79 Å². The third kappa shape index (κ3) is 3.80. The van der Waals surface area contributed by atoms with Gasteiger partial charge in [-0.05, 0) is 38.3 Å². The zero-order valence-electron chi connectivity index (χ0n) is 13.0. The second kappa shape index (κ2) is 7.20. The number of benzene rings is 1. The molecule has 1 saturated heterocycles. The molecule has 0 bridgehead atoms. The molecule has 5 nitrogen and oxygen atoms in total. The molecule has 1 aliphatic rings. The van der Waals surface area contributed by atoms with Gasteiger partial charge in [0.05, 0.1) is 14.2 Å². The van der Waals surface area contributed by atoms with E-state index in [0.29, 0.717) is 11.5 Å².